The molecule has 1 aromatic heterocycles. The van der Waals surface area contributed by atoms with E-state index in [1.54, 1.807) is 12.2 Å². The monoisotopic (exact) mass is 275 g/mol. The first kappa shape index (κ1) is 17.9. The van der Waals surface area contributed by atoms with Gasteiger partial charge in [-0.05, 0) is 18.9 Å². The molecule has 0 radical (unpaired) electrons. The Hall–Kier alpha value is -2.10. The largest absolute Gasteiger partial charge is 0.369 e. The summed E-state index contributed by atoms with van der Waals surface area (Å²) in [7, 11) is 0. The van der Waals surface area contributed by atoms with E-state index in [9.17, 15) is 4.79 Å². The Morgan fingerprint density at radius 2 is 2.10 bits per heavy atom. The minimum atomic E-state index is -0.316. The summed E-state index contributed by atoms with van der Waals surface area (Å²) < 4.78 is 1.85. The number of nitrogen functional groups attached to an aromatic ring is 1. The minimum Gasteiger partial charge on any atom is -0.369 e. The average molecular weight is 275 g/mol. The molecule has 1 heterocycles. The van der Waals surface area contributed by atoms with E-state index in [4.69, 9.17) is 5.73 Å². The van der Waals surface area contributed by atoms with Crippen molar-refractivity contribution in [3.05, 3.63) is 59.1 Å². The first-order valence-corrected chi connectivity index (χ1v) is 6.85. The highest BCUT2D eigenvalue weighted by Gasteiger charge is 2.16. The molecule has 0 aliphatic carbocycles. The summed E-state index contributed by atoms with van der Waals surface area (Å²) in [4.78, 5) is 15.1. The van der Waals surface area contributed by atoms with Crippen LogP contribution in [0.25, 0.3) is 0 Å². The molecule has 0 aliphatic heterocycles. The summed E-state index contributed by atoms with van der Waals surface area (Å²) in [6.07, 6.45) is 6.19. The Morgan fingerprint density at radius 1 is 1.50 bits per heavy atom. The van der Waals surface area contributed by atoms with E-state index in [0.29, 0.717) is 0 Å². The van der Waals surface area contributed by atoms with Gasteiger partial charge in [0, 0.05) is 11.8 Å². The van der Waals surface area contributed by atoms with Crippen LogP contribution in [-0.4, -0.2) is 9.55 Å². The van der Waals surface area contributed by atoms with Crippen molar-refractivity contribution >= 4 is 5.95 Å². The fourth-order valence-electron chi connectivity index (χ4n) is 2.05. The van der Waals surface area contributed by atoms with Gasteiger partial charge in [-0.25, -0.2) is 0 Å². The lowest BCUT2D eigenvalue weighted by molar-refractivity contribution is 0.548. The molecule has 2 N–H and O–H groups in total. The van der Waals surface area contributed by atoms with Gasteiger partial charge in [0.15, 0.2) is 0 Å². The van der Waals surface area contributed by atoms with Gasteiger partial charge in [0.2, 0.25) is 5.95 Å². The van der Waals surface area contributed by atoms with Crippen LogP contribution in [-0.2, 0) is 0 Å². The number of aromatic nitrogens is 2. The maximum absolute atomic E-state index is 11.3. The van der Waals surface area contributed by atoms with E-state index in [1.807, 2.05) is 38.3 Å². The van der Waals surface area contributed by atoms with Crippen LogP contribution in [0.4, 0.5) is 5.95 Å². The third kappa shape index (κ3) is 4.23. The molecular weight excluding hydrogens is 250 g/mol. The van der Waals surface area contributed by atoms with E-state index in [0.717, 1.165) is 17.7 Å². The van der Waals surface area contributed by atoms with Crippen LogP contribution in [0.2, 0.25) is 0 Å². The van der Waals surface area contributed by atoms with Gasteiger partial charge in [0.05, 0.1) is 6.04 Å². The molecule has 1 rings (SSSR count). The first-order chi connectivity index (χ1) is 9.54. The van der Waals surface area contributed by atoms with Crippen molar-refractivity contribution in [2.45, 2.75) is 40.2 Å². The van der Waals surface area contributed by atoms with E-state index < -0.39 is 0 Å². The summed E-state index contributed by atoms with van der Waals surface area (Å²) in [6.45, 7) is 15.4. The second-order valence-electron chi connectivity index (χ2n) is 3.99. The molecule has 0 fully saturated rings. The van der Waals surface area contributed by atoms with Crippen molar-refractivity contribution in [1.82, 2.24) is 9.55 Å². The molecule has 110 valence electrons. The minimum absolute atomic E-state index is 0.00796. The van der Waals surface area contributed by atoms with Crippen LogP contribution < -0.4 is 11.3 Å². The first-order valence-electron chi connectivity index (χ1n) is 6.85. The number of hydrogen-bond donors (Lipinski definition) is 1. The second-order valence-corrected chi connectivity index (χ2v) is 3.99. The molecule has 0 aliphatic rings. The predicted octanol–water partition coefficient (Wildman–Crippen LogP) is 3.41. The molecule has 4 heteroatoms. The van der Waals surface area contributed by atoms with Crippen LogP contribution in [0.1, 0.15) is 38.9 Å². The number of rotatable bonds is 5. The SMILES string of the molecule is C=C/C=C(\C=C)C(CC)n1c(C)cc(=O)nc1N.CC. The third-order valence-corrected chi connectivity index (χ3v) is 2.81. The fraction of sp³-hybridized carbons (Fsp3) is 0.375. The standard InChI is InChI=1S/C14H19N3O.C2H6/c1-5-8-11(6-2)12(7-3)17-10(4)9-13(18)16-14(17)15;1-2/h5-6,8-9,12H,1-2,7H2,3-4H3,(H2,15,16,18);1-2H3/b11-8+;. The van der Waals surface area contributed by atoms with Gasteiger partial charge in [-0.15, -0.1) is 0 Å². The normalized spacial score (nSPS) is 12.1. The van der Waals surface area contributed by atoms with Crippen LogP contribution in [0.15, 0.2) is 47.8 Å². The molecule has 0 amide bonds. The van der Waals surface area contributed by atoms with Crippen molar-refractivity contribution in [2.24, 2.45) is 0 Å². The Balaban J connectivity index is 0.00000172. The molecule has 1 unspecified atom stereocenters. The van der Waals surface area contributed by atoms with Crippen molar-refractivity contribution in [1.29, 1.82) is 0 Å². The van der Waals surface area contributed by atoms with E-state index in [-0.39, 0.29) is 17.5 Å². The van der Waals surface area contributed by atoms with Gasteiger partial charge < -0.3 is 10.3 Å². The summed E-state index contributed by atoms with van der Waals surface area (Å²) >= 11 is 0. The van der Waals surface area contributed by atoms with Crippen molar-refractivity contribution in [3.63, 3.8) is 0 Å². The van der Waals surface area contributed by atoms with Crippen LogP contribution in [0, 0.1) is 6.92 Å². The van der Waals surface area contributed by atoms with Crippen LogP contribution in [0.3, 0.4) is 0 Å². The lowest BCUT2D eigenvalue weighted by Gasteiger charge is -2.23. The molecule has 0 bridgehead atoms. The fourth-order valence-corrected chi connectivity index (χ4v) is 2.05. The number of anilines is 1. The molecular formula is C16H25N3O. The molecule has 1 atom stereocenters. The van der Waals surface area contributed by atoms with Crippen molar-refractivity contribution in [3.8, 4) is 0 Å². The lowest BCUT2D eigenvalue weighted by atomic mass is 10.0. The summed E-state index contributed by atoms with van der Waals surface area (Å²) in [5.74, 6) is 0.226. The maximum atomic E-state index is 11.3. The van der Waals surface area contributed by atoms with E-state index in [2.05, 4.69) is 18.1 Å². The van der Waals surface area contributed by atoms with Gasteiger partial charge >= 0.3 is 0 Å². The third-order valence-electron chi connectivity index (χ3n) is 2.81. The predicted molar refractivity (Wildman–Crippen MR) is 86.8 cm³/mol. The topological polar surface area (TPSA) is 60.9 Å². The highest BCUT2D eigenvalue weighted by Crippen LogP contribution is 2.25. The molecule has 0 aromatic carbocycles. The number of aryl methyl sites for hydroxylation is 1. The zero-order valence-electron chi connectivity index (χ0n) is 12.9. The molecule has 0 saturated heterocycles. The van der Waals surface area contributed by atoms with Gasteiger partial charge in [-0.3, -0.25) is 4.79 Å². The number of hydrogen-bond acceptors (Lipinski definition) is 3. The van der Waals surface area contributed by atoms with Gasteiger partial charge in [-0.1, -0.05) is 52.2 Å². The van der Waals surface area contributed by atoms with E-state index in [1.165, 1.54) is 6.07 Å². The summed E-state index contributed by atoms with van der Waals surface area (Å²) in [5.41, 5.74) is 7.32. The molecule has 4 nitrogen and oxygen atoms in total. The Bertz CT molecular complexity index is 515. The molecule has 1 aromatic rings. The Morgan fingerprint density at radius 3 is 2.50 bits per heavy atom. The number of allylic oxidation sites excluding steroid dienone is 4. The summed E-state index contributed by atoms with van der Waals surface area (Å²) in [6, 6.07) is 1.49. The van der Waals surface area contributed by atoms with Crippen molar-refractivity contribution in [2.75, 3.05) is 5.73 Å². The highest BCUT2D eigenvalue weighted by molar-refractivity contribution is 5.31. The van der Waals surface area contributed by atoms with Crippen LogP contribution in [0.5, 0.6) is 0 Å². The Labute approximate surface area is 121 Å². The zero-order chi connectivity index (χ0) is 15.7. The smallest absolute Gasteiger partial charge is 0.274 e. The van der Waals surface area contributed by atoms with Gasteiger partial charge in [0.25, 0.3) is 5.56 Å². The molecule has 0 saturated carbocycles. The zero-order valence-corrected chi connectivity index (χ0v) is 12.9. The second kappa shape index (κ2) is 8.91. The summed E-state index contributed by atoms with van der Waals surface area (Å²) in [5, 5.41) is 0. The van der Waals surface area contributed by atoms with Crippen molar-refractivity contribution < 1.29 is 0 Å². The number of nitrogens with two attached hydrogens (primary N) is 1. The lowest BCUT2D eigenvalue weighted by Crippen LogP contribution is -2.23. The van der Waals surface area contributed by atoms with Crippen LogP contribution >= 0.6 is 0 Å². The van der Waals surface area contributed by atoms with E-state index >= 15 is 0 Å². The highest BCUT2D eigenvalue weighted by atomic mass is 16.1. The number of nitrogens with zero attached hydrogens (tertiary/aromatic N) is 2. The van der Waals surface area contributed by atoms with Gasteiger partial charge in [-0.2, -0.15) is 4.98 Å². The maximum Gasteiger partial charge on any atom is 0.274 e. The Kier molecular flexibility index (Phi) is 7.97. The molecule has 20 heavy (non-hydrogen) atoms. The van der Waals surface area contributed by atoms with Gasteiger partial charge in [0.1, 0.15) is 0 Å². The quantitative estimate of drug-likeness (QED) is 0.838. The molecule has 0 spiro atoms. The average Bonchev–Trinajstić information content (AvgIpc) is 2.42.